The molecule has 1 aliphatic heterocycles. The smallest absolute Gasteiger partial charge is 0.406 e. The van der Waals surface area contributed by atoms with E-state index in [-0.39, 0.29) is 11.8 Å². The number of carbonyl (C=O) groups is 1. The van der Waals surface area contributed by atoms with Gasteiger partial charge in [-0.1, -0.05) is 12.1 Å². The van der Waals surface area contributed by atoms with Crippen LogP contribution in [-0.4, -0.2) is 57.7 Å². The molecule has 30 heavy (non-hydrogen) atoms. The average molecular weight is 437 g/mol. The molecular formula is C19H18F3N5O2S. The molecule has 0 unspecified atom stereocenters. The van der Waals surface area contributed by atoms with Gasteiger partial charge in [0.05, 0.1) is 16.3 Å². The van der Waals surface area contributed by atoms with Crippen molar-refractivity contribution in [2.75, 3.05) is 31.5 Å². The van der Waals surface area contributed by atoms with Gasteiger partial charge in [-0.25, -0.2) is 9.78 Å². The summed E-state index contributed by atoms with van der Waals surface area (Å²) >= 11 is 1.34. The molecule has 0 aliphatic carbocycles. The number of alkyl halides is 3. The van der Waals surface area contributed by atoms with Gasteiger partial charge in [0.1, 0.15) is 11.6 Å². The quantitative estimate of drug-likeness (QED) is 0.670. The summed E-state index contributed by atoms with van der Waals surface area (Å²) in [7, 11) is 0. The number of fused-ring (bicyclic) bond motifs is 1. The van der Waals surface area contributed by atoms with Gasteiger partial charge in [-0.3, -0.25) is 10.2 Å². The van der Waals surface area contributed by atoms with Gasteiger partial charge in [0.2, 0.25) is 0 Å². The number of rotatable bonds is 4. The van der Waals surface area contributed by atoms with E-state index in [1.807, 2.05) is 6.07 Å². The first-order valence-electron chi connectivity index (χ1n) is 9.20. The Morgan fingerprint density at radius 3 is 2.77 bits per heavy atom. The highest BCUT2D eigenvalue weighted by atomic mass is 32.1. The molecule has 1 fully saturated rings. The zero-order chi connectivity index (χ0) is 21.1. The van der Waals surface area contributed by atoms with Gasteiger partial charge in [0, 0.05) is 38.9 Å². The van der Waals surface area contributed by atoms with Crippen molar-refractivity contribution in [3.05, 3.63) is 48.3 Å². The number of hydrogen-bond acceptors (Lipinski definition) is 6. The highest BCUT2D eigenvalue weighted by Gasteiger charge is 2.31. The maximum absolute atomic E-state index is 12.6. The first-order chi connectivity index (χ1) is 14.4. The van der Waals surface area contributed by atoms with Crippen LogP contribution >= 0.6 is 11.5 Å². The number of anilines is 1. The Labute approximate surface area is 174 Å². The predicted molar refractivity (Wildman–Crippen MR) is 106 cm³/mol. The van der Waals surface area contributed by atoms with Crippen LogP contribution in [0.4, 0.5) is 23.8 Å². The van der Waals surface area contributed by atoms with E-state index < -0.39 is 6.36 Å². The van der Waals surface area contributed by atoms with Crippen LogP contribution in [0.2, 0.25) is 0 Å². The zero-order valence-electron chi connectivity index (χ0n) is 15.7. The highest BCUT2D eigenvalue weighted by Crippen LogP contribution is 2.25. The molecule has 0 radical (unpaired) electrons. The molecule has 11 heteroatoms. The van der Waals surface area contributed by atoms with E-state index in [0.717, 1.165) is 15.6 Å². The fourth-order valence-corrected chi connectivity index (χ4v) is 3.93. The van der Waals surface area contributed by atoms with Gasteiger partial charge < -0.3 is 9.64 Å². The molecule has 7 nitrogen and oxygen atoms in total. The Kier molecular flexibility index (Phi) is 5.73. The van der Waals surface area contributed by atoms with Crippen LogP contribution in [-0.2, 0) is 6.54 Å². The SMILES string of the molecule is O=C(Nc1nccc2sncc12)N1CCN(Cc2cccc(OC(F)(F)F)c2)CC1. The normalized spacial score (nSPS) is 15.4. The Morgan fingerprint density at radius 1 is 1.20 bits per heavy atom. The van der Waals surface area contributed by atoms with Gasteiger partial charge >= 0.3 is 12.4 Å². The predicted octanol–water partition coefficient (Wildman–Crippen LogP) is 3.94. The van der Waals surface area contributed by atoms with Crippen LogP contribution in [0.5, 0.6) is 5.75 Å². The van der Waals surface area contributed by atoms with Crippen LogP contribution in [0, 0.1) is 0 Å². The lowest BCUT2D eigenvalue weighted by Crippen LogP contribution is -2.49. The summed E-state index contributed by atoms with van der Waals surface area (Å²) in [4.78, 5) is 20.6. The standard InChI is InChI=1S/C19H18F3N5O2S/c20-19(21,22)29-14-3-1-2-13(10-14)12-26-6-8-27(9-7-26)18(28)25-17-15-11-24-30-16(15)4-5-23-17/h1-5,10-11H,6-9,12H2,(H,23,25,28). The number of nitrogens with zero attached hydrogens (tertiary/aromatic N) is 4. The molecule has 3 aromatic rings. The second-order valence-electron chi connectivity index (χ2n) is 6.79. The van der Waals surface area contributed by atoms with Crippen LogP contribution in [0.15, 0.2) is 42.7 Å². The summed E-state index contributed by atoms with van der Waals surface area (Å²) in [6.45, 7) is 2.70. The largest absolute Gasteiger partial charge is 0.573 e. The van der Waals surface area contributed by atoms with Crippen LogP contribution < -0.4 is 10.1 Å². The van der Waals surface area contributed by atoms with E-state index in [4.69, 9.17) is 0 Å². The van der Waals surface area contributed by atoms with Crippen LogP contribution in [0.1, 0.15) is 5.56 Å². The lowest BCUT2D eigenvalue weighted by Gasteiger charge is -2.34. The third-order valence-corrected chi connectivity index (χ3v) is 5.47. The highest BCUT2D eigenvalue weighted by molar-refractivity contribution is 7.13. The average Bonchev–Trinajstić information content (AvgIpc) is 3.17. The summed E-state index contributed by atoms with van der Waals surface area (Å²) in [5.41, 5.74) is 0.718. The second-order valence-corrected chi connectivity index (χ2v) is 7.62. The molecule has 2 aromatic heterocycles. The molecule has 1 aromatic carbocycles. The Hall–Kier alpha value is -2.92. The van der Waals surface area contributed by atoms with E-state index in [0.29, 0.717) is 38.5 Å². The van der Waals surface area contributed by atoms with Crippen molar-refractivity contribution in [3.63, 3.8) is 0 Å². The molecule has 2 amide bonds. The first-order valence-corrected chi connectivity index (χ1v) is 9.97. The van der Waals surface area contributed by atoms with E-state index in [1.54, 1.807) is 23.4 Å². The number of piperazine rings is 1. The fourth-order valence-electron chi connectivity index (χ4n) is 3.28. The Morgan fingerprint density at radius 2 is 2.00 bits per heavy atom. The number of ether oxygens (including phenoxy) is 1. The fraction of sp³-hybridized carbons (Fsp3) is 0.316. The number of urea groups is 1. The van der Waals surface area contributed by atoms with Crippen molar-refractivity contribution in [2.45, 2.75) is 12.9 Å². The molecule has 0 bridgehead atoms. The lowest BCUT2D eigenvalue weighted by molar-refractivity contribution is -0.274. The van der Waals surface area contributed by atoms with E-state index >= 15 is 0 Å². The minimum atomic E-state index is -4.71. The molecule has 1 aliphatic rings. The number of aromatic nitrogens is 2. The Balaban J connectivity index is 1.31. The van der Waals surface area contributed by atoms with Crippen molar-refractivity contribution < 1.29 is 22.7 Å². The lowest BCUT2D eigenvalue weighted by atomic mass is 10.2. The van der Waals surface area contributed by atoms with Crippen molar-refractivity contribution in [3.8, 4) is 5.75 Å². The number of amides is 2. The number of pyridine rings is 1. The molecular weight excluding hydrogens is 419 g/mol. The van der Waals surface area contributed by atoms with Gasteiger partial charge in [-0.05, 0) is 35.3 Å². The second kappa shape index (κ2) is 8.44. The molecule has 0 saturated carbocycles. The zero-order valence-corrected chi connectivity index (χ0v) is 16.5. The number of halogens is 3. The summed E-state index contributed by atoms with van der Waals surface area (Å²) in [6, 6.07) is 7.55. The maximum atomic E-state index is 12.6. The molecule has 1 N–H and O–H groups in total. The Bertz CT molecular complexity index is 1030. The van der Waals surface area contributed by atoms with E-state index in [9.17, 15) is 18.0 Å². The van der Waals surface area contributed by atoms with Crippen LogP contribution in [0.3, 0.4) is 0 Å². The topological polar surface area (TPSA) is 70.6 Å². The minimum Gasteiger partial charge on any atom is -0.406 e. The van der Waals surface area contributed by atoms with E-state index in [1.165, 1.54) is 29.7 Å². The van der Waals surface area contributed by atoms with Gasteiger partial charge in [-0.2, -0.15) is 4.37 Å². The van der Waals surface area contributed by atoms with Gasteiger partial charge in [0.25, 0.3) is 0 Å². The maximum Gasteiger partial charge on any atom is 0.573 e. The number of carbonyl (C=O) groups excluding carboxylic acids is 1. The third kappa shape index (κ3) is 4.97. The van der Waals surface area contributed by atoms with Crippen molar-refractivity contribution in [1.29, 1.82) is 0 Å². The van der Waals surface area contributed by atoms with Crippen molar-refractivity contribution in [1.82, 2.24) is 19.2 Å². The van der Waals surface area contributed by atoms with Crippen molar-refractivity contribution in [2.24, 2.45) is 0 Å². The number of benzene rings is 1. The summed E-state index contributed by atoms with van der Waals surface area (Å²) in [6.07, 6.45) is -1.41. The van der Waals surface area contributed by atoms with Crippen molar-refractivity contribution >= 4 is 33.5 Å². The first kappa shape index (κ1) is 20.4. The molecule has 158 valence electrons. The number of nitrogens with one attached hydrogen (secondary N) is 1. The minimum absolute atomic E-state index is 0.234. The molecule has 0 atom stereocenters. The van der Waals surface area contributed by atoms with Gasteiger partial charge in [0.15, 0.2) is 0 Å². The monoisotopic (exact) mass is 437 g/mol. The van der Waals surface area contributed by atoms with Crippen LogP contribution in [0.25, 0.3) is 10.1 Å². The molecule has 0 spiro atoms. The number of hydrogen-bond donors (Lipinski definition) is 1. The summed E-state index contributed by atoms with van der Waals surface area (Å²) in [5, 5.41) is 3.64. The van der Waals surface area contributed by atoms with Gasteiger partial charge in [-0.15, -0.1) is 13.2 Å². The summed E-state index contributed by atoms with van der Waals surface area (Å²) in [5.74, 6) is 0.248. The summed E-state index contributed by atoms with van der Waals surface area (Å²) < 4.78 is 46.2. The molecule has 3 heterocycles. The van der Waals surface area contributed by atoms with E-state index in [2.05, 4.69) is 24.3 Å². The third-order valence-electron chi connectivity index (χ3n) is 4.71. The molecule has 4 rings (SSSR count). The molecule has 1 saturated heterocycles.